The van der Waals surface area contributed by atoms with Gasteiger partial charge in [0.05, 0.1) is 18.8 Å². The molecule has 0 aromatic carbocycles. The van der Waals surface area contributed by atoms with Gasteiger partial charge < -0.3 is 4.74 Å². The molecule has 110 valence electrons. The first-order chi connectivity index (χ1) is 9.08. The average Bonchev–Trinajstić information content (AvgIpc) is 2.39. The number of Topliss-reactive ketones (excluding diaryl/α,β-unsaturated/α-hetero) is 1. The van der Waals surface area contributed by atoms with Gasteiger partial charge in [0.2, 0.25) is 0 Å². The highest BCUT2D eigenvalue weighted by Crippen LogP contribution is 2.20. The normalized spacial score (nSPS) is 30.7. The van der Waals surface area contributed by atoms with Crippen LogP contribution in [0.5, 0.6) is 0 Å². The zero-order valence-corrected chi connectivity index (χ0v) is 12.6. The van der Waals surface area contributed by atoms with Crippen molar-refractivity contribution in [2.45, 2.75) is 58.2 Å². The molecule has 2 atom stereocenters. The molecule has 2 aliphatic rings. The lowest BCUT2D eigenvalue weighted by molar-refractivity contribution is -0.125. The van der Waals surface area contributed by atoms with Gasteiger partial charge in [-0.3, -0.25) is 14.6 Å². The topological polar surface area (TPSA) is 32.8 Å². The van der Waals surface area contributed by atoms with E-state index in [0.717, 1.165) is 39.2 Å². The average molecular weight is 268 g/mol. The van der Waals surface area contributed by atoms with Gasteiger partial charge in [0.15, 0.2) is 0 Å². The Morgan fingerprint density at radius 1 is 1.32 bits per heavy atom. The van der Waals surface area contributed by atoms with Gasteiger partial charge in [-0.05, 0) is 40.2 Å². The van der Waals surface area contributed by atoms with Gasteiger partial charge in [-0.25, -0.2) is 0 Å². The van der Waals surface area contributed by atoms with Crippen LogP contribution in [0.2, 0.25) is 0 Å². The molecule has 0 aliphatic carbocycles. The van der Waals surface area contributed by atoms with Crippen LogP contribution in [0, 0.1) is 0 Å². The van der Waals surface area contributed by atoms with E-state index in [0.29, 0.717) is 11.8 Å². The Balaban J connectivity index is 1.89. The largest absolute Gasteiger partial charge is 0.374 e. The van der Waals surface area contributed by atoms with E-state index in [4.69, 9.17) is 4.74 Å². The quantitative estimate of drug-likeness (QED) is 0.774. The molecule has 19 heavy (non-hydrogen) atoms. The molecule has 0 amide bonds. The molecule has 2 rings (SSSR count). The number of carbonyl (C=O) groups excluding carboxylic acids is 1. The van der Waals surface area contributed by atoms with E-state index in [9.17, 15) is 4.79 Å². The molecule has 0 aromatic heterocycles. The van der Waals surface area contributed by atoms with E-state index in [2.05, 4.69) is 23.6 Å². The summed E-state index contributed by atoms with van der Waals surface area (Å²) in [7, 11) is 0. The molecule has 0 saturated carbocycles. The minimum absolute atomic E-state index is 0.131. The van der Waals surface area contributed by atoms with Crippen molar-refractivity contribution in [2.24, 2.45) is 0 Å². The molecular weight excluding hydrogens is 240 g/mol. The summed E-state index contributed by atoms with van der Waals surface area (Å²) in [6.07, 6.45) is 3.68. The number of likely N-dealkylation sites (tertiary alicyclic amines) is 1. The van der Waals surface area contributed by atoms with Gasteiger partial charge >= 0.3 is 0 Å². The fourth-order valence-corrected chi connectivity index (χ4v) is 3.25. The fourth-order valence-electron chi connectivity index (χ4n) is 3.25. The standard InChI is InChI=1S/C15H28N2O2/c1-12(2)16-8-9-19-14(10-16)11-17-7-5-4-6-15(17)13(3)18/h12,14-15H,4-11H2,1-3H3. The van der Waals surface area contributed by atoms with Gasteiger partial charge in [0.25, 0.3) is 0 Å². The monoisotopic (exact) mass is 268 g/mol. The van der Waals surface area contributed by atoms with E-state index >= 15 is 0 Å². The maximum absolute atomic E-state index is 11.7. The van der Waals surface area contributed by atoms with Crippen molar-refractivity contribution >= 4 is 5.78 Å². The molecular formula is C15H28N2O2. The van der Waals surface area contributed by atoms with Crippen molar-refractivity contribution in [3.05, 3.63) is 0 Å². The van der Waals surface area contributed by atoms with E-state index in [-0.39, 0.29) is 12.1 Å². The zero-order valence-electron chi connectivity index (χ0n) is 12.6. The lowest BCUT2D eigenvalue weighted by Crippen LogP contribution is -2.53. The second-order valence-electron chi connectivity index (χ2n) is 6.20. The first-order valence-corrected chi connectivity index (χ1v) is 7.68. The van der Waals surface area contributed by atoms with Crippen molar-refractivity contribution < 1.29 is 9.53 Å². The van der Waals surface area contributed by atoms with Gasteiger partial charge in [0.1, 0.15) is 5.78 Å². The number of hydrogen-bond donors (Lipinski definition) is 0. The van der Waals surface area contributed by atoms with Crippen molar-refractivity contribution in [3.8, 4) is 0 Å². The summed E-state index contributed by atoms with van der Waals surface area (Å²) in [6.45, 7) is 11.0. The minimum atomic E-state index is 0.131. The number of ether oxygens (including phenoxy) is 1. The van der Waals surface area contributed by atoms with Gasteiger partial charge in [-0.15, -0.1) is 0 Å². The first kappa shape index (κ1) is 14.9. The highest BCUT2D eigenvalue weighted by atomic mass is 16.5. The second kappa shape index (κ2) is 6.82. The van der Waals surface area contributed by atoms with Crippen molar-refractivity contribution in [1.29, 1.82) is 0 Å². The predicted octanol–water partition coefficient (Wildman–Crippen LogP) is 1.54. The van der Waals surface area contributed by atoms with Crippen LogP contribution in [0.25, 0.3) is 0 Å². The smallest absolute Gasteiger partial charge is 0.146 e. The summed E-state index contributed by atoms with van der Waals surface area (Å²) in [5.74, 6) is 0.316. The summed E-state index contributed by atoms with van der Waals surface area (Å²) in [4.78, 5) is 16.6. The molecule has 2 saturated heterocycles. The lowest BCUT2D eigenvalue weighted by Gasteiger charge is -2.40. The Morgan fingerprint density at radius 3 is 2.79 bits per heavy atom. The lowest BCUT2D eigenvalue weighted by atomic mass is 9.98. The van der Waals surface area contributed by atoms with Crippen molar-refractivity contribution in [1.82, 2.24) is 9.80 Å². The number of morpholine rings is 1. The Bertz CT molecular complexity index is 307. The minimum Gasteiger partial charge on any atom is -0.374 e. The number of carbonyl (C=O) groups is 1. The van der Waals surface area contributed by atoms with Crippen LogP contribution in [0.3, 0.4) is 0 Å². The summed E-state index contributed by atoms with van der Waals surface area (Å²) in [5, 5.41) is 0. The highest BCUT2D eigenvalue weighted by molar-refractivity contribution is 5.81. The Kier molecular flexibility index (Phi) is 5.37. The first-order valence-electron chi connectivity index (χ1n) is 7.68. The number of piperidine rings is 1. The molecule has 4 nitrogen and oxygen atoms in total. The van der Waals surface area contributed by atoms with Crippen LogP contribution in [0.4, 0.5) is 0 Å². The van der Waals surface area contributed by atoms with Crippen LogP contribution in [-0.4, -0.2) is 66.6 Å². The number of hydrogen-bond acceptors (Lipinski definition) is 4. The zero-order chi connectivity index (χ0) is 13.8. The van der Waals surface area contributed by atoms with E-state index < -0.39 is 0 Å². The third-order valence-corrected chi connectivity index (χ3v) is 4.42. The fraction of sp³-hybridized carbons (Fsp3) is 0.933. The maximum atomic E-state index is 11.7. The van der Waals surface area contributed by atoms with Gasteiger partial charge in [-0.1, -0.05) is 6.42 Å². The SMILES string of the molecule is CC(=O)C1CCCCN1CC1CN(C(C)C)CCO1. The van der Waals surface area contributed by atoms with Crippen LogP contribution in [0.1, 0.15) is 40.0 Å². The Labute approximate surface area is 117 Å². The predicted molar refractivity (Wildman–Crippen MR) is 76.3 cm³/mol. The number of ketones is 1. The van der Waals surface area contributed by atoms with Crippen LogP contribution in [-0.2, 0) is 9.53 Å². The highest BCUT2D eigenvalue weighted by Gasteiger charge is 2.30. The third-order valence-electron chi connectivity index (χ3n) is 4.42. The van der Waals surface area contributed by atoms with E-state index in [1.807, 2.05) is 0 Å². The number of nitrogens with zero attached hydrogens (tertiary/aromatic N) is 2. The third kappa shape index (κ3) is 4.01. The summed E-state index contributed by atoms with van der Waals surface area (Å²) in [6, 6.07) is 0.711. The summed E-state index contributed by atoms with van der Waals surface area (Å²) < 4.78 is 5.89. The van der Waals surface area contributed by atoms with E-state index in [1.165, 1.54) is 12.8 Å². The Morgan fingerprint density at radius 2 is 2.11 bits per heavy atom. The molecule has 0 bridgehead atoms. The van der Waals surface area contributed by atoms with E-state index in [1.54, 1.807) is 6.92 Å². The van der Waals surface area contributed by atoms with Crippen molar-refractivity contribution in [3.63, 3.8) is 0 Å². The summed E-state index contributed by atoms with van der Waals surface area (Å²) >= 11 is 0. The van der Waals surface area contributed by atoms with Gasteiger partial charge in [0, 0.05) is 25.7 Å². The maximum Gasteiger partial charge on any atom is 0.146 e. The second-order valence-corrected chi connectivity index (χ2v) is 6.20. The molecule has 0 N–H and O–H groups in total. The molecule has 4 heteroatoms. The van der Waals surface area contributed by atoms with Crippen LogP contribution >= 0.6 is 0 Å². The molecule has 0 radical (unpaired) electrons. The molecule has 2 aliphatic heterocycles. The van der Waals surface area contributed by atoms with Crippen LogP contribution in [0.15, 0.2) is 0 Å². The van der Waals surface area contributed by atoms with Crippen LogP contribution < -0.4 is 0 Å². The molecule has 2 heterocycles. The van der Waals surface area contributed by atoms with Crippen molar-refractivity contribution in [2.75, 3.05) is 32.8 Å². The molecule has 2 unspecified atom stereocenters. The summed E-state index contributed by atoms with van der Waals surface area (Å²) in [5.41, 5.74) is 0. The molecule has 0 aromatic rings. The number of rotatable bonds is 4. The Hall–Kier alpha value is -0.450. The molecule has 0 spiro atoms. The van der Waals surface area contributed by atoms with Gasteiger partial charge in [-0.2, -0.15) is 0 Å². The molecule has 2 fully saturated rings.